The van der Waals surface area contributed by atoms with E-state index in [1.54, 1.807) is 0 Å². The van der Waals surface area contributed by atoms with Crippen molar-refractivity contribution in [3.05, 3.63) is 12.3 Å². The van der Waals surface area contributed by atoms with Gasteiger partial charge in [0.05, 0.1) is 12.4 Å². The third kappa shape index (κ3) is 17.6. The van der Waals surface area contributed by atoms with Crippen molar-refractivity contribution in [3.63, 3.8) is 0 Å². The Bertz CT molecular complexity index is 222. The molecule has 0 rings (SSSR count). The van der Waals surface area contributed by atoms with Gasteiger partial charge in [0.2, 0.25) is 0 Å². The molecule has 0 radical (unpaired) electrons. The Balaban J connectivity index is 3.01. The van der Waals surface area contributed by atoms with Gasteiger partial charge in [-0.25, -0.2) is 0 Å². The number of unbranched alkanes of at least 4 members (excludes halogenated alkanes) is 14. The summed E-state index contributed by atoms with van der Waals surface area (Å²) >= 11 is 0. The number of allylic oxidation sites excluding steroid dienone is 1. The monoisotopic (exact) mass is 310 g/mol. The van der Waals surface area contributed by atoms with Crippen LogP contribution in [0.15, 0.2) is 12.3 Å². The highest BCUT2D eigenvalue weighted by atomic mass is 16.5. The van der Waals surface area contributed by atoms with Crippen molar-refractivity contribution < 1.29 is 4.74 Å². The first-order valence-electron chi connectivity index (χ1n) is 10.1. The molecule has 0 aromatic rings. The highest BCUT2D eigenvalue weighted by Crippen LogP contribution is 2.14. The molecule has 0 aliphatic rings. The molecule has 0 amide bonds. The van der Waals surface area contributed by atoms with Crippen LogP contribution < -0.4 is 0 Å². The lowest BCUT2D eigenvalue weighted by Crippen LogP contribution is -1.90. The molecule has 0 saturated heterocycles. The van der Waals surface area contributed by atoms with Gasteiger partial charge >= 0.3 is 0 Å². The molecule has 0 bridgehead atoms. The molecule has 0 N–H and O–H groups in total. The molecule has 1 nitrogen and oxygen atoms in total. The van der Waals surface area contributed by atoms with E-state index in [0.717, 1.165) is 18.8 Å². The second kappa shape index (κ2) is 18.6. The zero-order valence-corrected chi connectivity index (χ0v) is 15.6. The normalized spacial score (nSPS) is 10.8. The summed E-state index contributed by atoms with van der Waals surface area (Å²) in [5.41, 5.74) is 0. The summed E-state index contributed by atoms with van der Waals surface area (Å²) in [7, 11) is 0. The molecular weight excluding hydrogens is 268 g/mol. The largest absolute Gasteiger partial charge is 0.499 e. The Hall–Kier alpha value is -0.460. The van der Waals surface area contributed by atoms with Gasteiger partial charge in [-0.15, -0.1) is 0 Å². The van der Waals surface area contributed by atoms with Gasteiger partial charge in [0.1, 0.15) is 0 Å². The van der Waals surface area contributed by atoms with Crippen molar-refractivity contribution in [1.82, 2.24) is 0 Å². The fraction of sp³-hybridized carbons (Fsp3) is 0.905. The van der Waals surface area contributed by atoms with E-state index in [0.29, 0.717) is 0 Å². The zero-order chi connectivity index (χ0) is 16.3. The van der Waals surface area contributed by atoms with E-state index in [9.17, 15) is 0 Å². The smallest absolute Gasteiger partial charge is 0.0888 e. The lowest BCUT2D eigenvalue weighted by molar-refractivity contribution is 0.218. The minimum Gasteiger partial charge on any atom is -0.499 e. The van der Waals surface area contributed by atoms with E-state index in [-0.39, 0.29) is 0 Å². The zero-order valence-electron chi connectivity index (χ0n) is 15.6. The molecule has 0 heterocycles. The van der Waals surface area contributed by atoms with E-state index < -0.39 is 0 Å². The molecule has 22 heavy (non-hydrogen) atoms. The molecule has 0 saturated carbocycles. The van der Waals surface area contributed by atoms with Gasteiger partial charge in [-0.1, -0.05) is 103 Å². The number of hydrogen-bond acceptors (Lipinski definition) is 1. The van der Waals surface area contributed by atoms with Crippen LogP contribution in [0, 0.1) is 0 Å². The van der Waals surface area contributed by atoms with E-state index in [1.807, 2.05) is 6.92 Å². The second-order valence-electron chi connectivity index (χ2n) is 6.67. The van der Waals surface area contributed by atoms with Crippen LogP contribution in [-0.4, -0.2) is 6.61 Å². The van der Waals surface area contributed by atoms with Crippen LogP contribution in [0.5, 0.6) is 0 Å². The minimum atomic E-state index is 0.761. The molecule has 0 aromatic carbocycles. The average Bonchev–Trinajstić information content (AvgIpc) is 2.51. The molecule has 0 aliphatic heterocycles. The predicted molar refractivity (Wildman–Crippen MR) is 100 cm³/mol. The molecule has 0 unspecified atom stereocenters. The molecule has 0 fully saturated rings. The molecule has 132 valence electrons. The average molecular weight is 311 g/mol. The van der Waals surface area contributed by atoms with Crippen molar-refractivity contribution in [3.8, 4) is 0 Å². The third-order valence-electron chi connectivity index (χ3n) is 4.41. The molecule has 0 aliphatic carbocycles. The summed E-state index contributed by atoms with van der Waals surface area (Å²) in [5.74, 6) is 0.970. The summed E-state index contributed by atoms with van der Waals surface area (Å²) in [6.07, 6.45) is 22.3. The standard InChI is InChI=1S/C21H42O/c1-4-6-7-8-9-10-11-12-13-14-15-16-17-18-19-20-21(3)22-5-2/h3-20H2,1-2H3. The lowest BCUT2D eigenvalue weighted by atomic mass is 10.0. The minimum absolute atomic E-state index is 0.761. The van der Waals surface area contributed by atoms with Crippen molar-refractivity contribution in [2.24, 2.45) is 0 Å². The Morgan fingerprint density at radius 2 is 0.955 bits per heavy atom. The van der Waals surface area contributed by atoms with Crippen molar-refractivity contribution in [1.29, 1.82) is 0 Å². The Labute approximate surface area is 140 Å². The highest BCUT2D eigenvalue weighted by Gasteiger charge is 1.96. The van der Waals surface area contributed by atoms with E-state index in [1.165, 1.54) is 96.3 Å². The number of rotatable bonds is 18. The first-order chi connectivity index (χ1) is 10.8. The fourth-order valence-corrected chi connectivity index (χ4v) is 2.97. The summed E-state index contributed by atoms with van der Waals surface area (Å²) in [4.78, 5) is 0. The summed E-state index contributed by atoms with van der Waals surface area (Å²) < 4.78 is 5.37. The summed E-state index contributed by atoms with van der Waals surface area (Å²) in [5, 5.41) is 0. The maximum atomic E-state index is 5.37. The number of ether oxygens (including phenoxy) is 1. The van der Waals surface area contributed by atoms with Gasteiger partial charge in [0.25, 0.3) is 0 Å². The fourth-order valence-electron chi connectivity index (χ4n) is 2.97. The first kappa shape index (κ1) is 21.5. The van der Waals surface area contributed by atoms with Crippen LogP contribution in [-0.2, 0) is 4.74 Å². The Kier molecular flexibility index (Phi) is 18.2. The maximum absolute atomic E-state index is 5.37. The number of hydrogen-bond donors (Lipinski definition) is 0. The summed E-state index contributed by atoms with van der Waals surface area (Å²) in [6.45, 7) is 9.00. The van der Waals surface area contributed by atoms with Crippen LogP contribution in [0.3, 0.4) is 0 Å². The van der Waals surface area contributed by atoms with Crippen LogP contribution in [0.4, 0.5) is 0 Å². The van der Waals surface area contributed by atoms with E-state index in [2.05, 4.69) is 13.5 Å². The van der Waals surface area contributed by atoms with Crippen LogP contribution in [0.1, 0.15) is 117 Å². The van der Waals surface area contributed by atoms with Gasteiger partial charge in [0.15, 0.2) is 0 Å². The predicted octanol–water partition coefficient (Wildman–Crippen LogP) is 7.80. The topological polar surface area (TPSA) is 9.23 Å². The van der Waals surface area contributed by atoms with Gasteiger partial charge in [-0.3, -0.25) is 0 Å². The van der Waals surface area contributed by atoms with Crippen LogP contribution in [0.25, 0.3) is 0 Å². The van der Waals surface area contributed by atoms with Crippen LogP contribution in [0.2, 0.25) is 0 Å². The third-order valence-corrected chi connectivity index (χ3v) is 4.41. The van der Waals surface area contributed by atoms with Gasteiger partial charge in [-0.05, 0) is 13.3 Å². The Morgan fingerprint density at radius 3 is 1.32 bits per heavy atom. The first-order valence-corrected chi connectivity index (χ1v) is 10.1. The molecule has 0 atom stereocenters. The van der Waals surface area contributed by atoms with Crippen molar-refractivity contribution in [2.45, 2.75) is 117 Å². The molecule has 0 spiro atoms. The van der Waals surface area contributed by atoms with E-state index in [4.69, 9.17) is 4.74 Å². The molecule has 0 aromatic heterocycles. The Morgan fingerprint density at radius 1 is 0.591 bits per heavy atom. The molecule has 1 heteroatoms. The van der Waals surface area contributed by atoms with Crippen LogP contribution >= 0.6 is 0 Å². The maximum Gasteiger partial charge on any atom is 0.0888 e. The van der Waals surface area contributed by atoms with Gasteiger partial charge < -0.3 is 4.74 Å². The quantitative estimate of drug-likeness (QED) is 0.185. The van der Waals surface area contributed by atoms with E-state index >= 15 is 0 Å². The highest BCUT2D eigenvalue weighted by molar-refractivity contribution is 4.81. The van der Waals surface area contributed by atoms with Gasteiger partial charge in [-0.2, -0.15) is 0 Å². The second-order valence-corrected chi connectivity index (χ2v) is 6.67. The van der Waals surface area contributed by atoms with Crippen molar-refractivity contribution in [2.75, 3.05) is 6.61 Å². The molecular formula is C21H42O. The summed E-state index contributed by atoms with van der Waals surface area (Å²) in [6, 6.07) is 0. The van der Waals surface area contributed by atoms with Gasteiger partial charge in [0, 0.05) is 6.42 Å². The SMILES string of the molecule is C=C(CCCCCCCCCCCCCCCCC)OCC. The van der Waals surface area contributed by atoms with Crippen molar-refractivity contribution >= 4 is 0 Å². The lowest BCUT2D eigenvalue weighted by Gasteiger charge is -2.06.